The molecule has 3 aromatic carbocycles. The first-order chi connectivity index (χ1) is 17.2. The Labute approximate surface area is 230 Å². The number of carboxylic acid groups (broad SMARTS) is 1. The van der Waals surface area contributed by atoms with Crippen molar-refractivity contribution < 1.29 is 19.4 Å². The molecule has 6 nitrogen and oxygen atoms in total. The third-order valence-corrected chi connectivity index (χ3v) is 7.42. The van der Waals surface area contributed by atoms with Crippen LogP contribution >= 0.6 is 50.9 Å². The van der Waals surface area contributed by atoms with Crippen molar-refractivity contribution in [3.8, 4) is 5.75 Å². The van der Waals surface area contributed by atoms with Gasteiger partial charge in [-0.2, -0.15) is 0 Å². The number of amides is 1. The summed E-state index contributed by atoms with van der Waals surface area (Å²) in [5, 5.41) is 10.5. The quantitative estimate of drug-likeness (QED) is 0.280. The molecule has 0 radical (unpaired) electrons. The van der Waals surface area contributed by atoms with Crippen LogP contribution in [0, 0.1) is 0 Å². The fourth-order valence-electron chi connectivity index (χ4n) is 3.35. The van der Waals surface area contributed by atoms with Crippen LogP contribution in [-0.2, 0) is 11.4 Å². The topological polar surface area (TPSA) is 79.2 Å². The van der Waals surface area contributed by atoms with Gasteiger partial charge in [-0.3, -0.25) is 9.69 Å². The molecule has 0 unspecified atom stereocenters. The smallest absolute Gasteiger partial charge is 0.335 e. The van der Waals surface area contributed by atoms with E-state index in [2.05, 4.69) is 20.9 Å². The molecule has 1 heterocycles. The van der Waals surface area contributed by atoms with Gasteiger partial charge in [0.05, 0.1) is 26.2 Å². The van der Waals surface area contributed by atoms with Crippen LogP contribution in [0.5, 0.6) is 5.75 Å². The van der Waals surface area contributed by atoms with Crippen LogP contribution in [0.1, 0.15) is 28.4 Å². The van der Waals surface area contributed by atoms with Gasteiger partial charge in [0.1, 0.15) is 12.4 Å². The first-order valence-electron chi connectivity index (χ1n) is 10.7. The van der Waals surface area contributed by atoms with Crippen LogP contribution in [0.4, 0.5) is 5.69 Å². The van der Waals surface area contributed by atoms with E-state index in [0.29, 0.717) is 38.1 Å². The van der Waals surface area contributed by atoms with Gasteiger partial charge in [-0.05, 0) is 84.9 Å². The Morgan fingerprint density at radius 1 is 1.11 bits per heavy atom. The molecule has 36 heavy (non-hydrogen) atoms. The van der Waals surface area contributed by atoms with Crippen LogP contribution in [0.15, 0.2) is 75.0 Å². The standard InChI is InChI=1S/C26H19BrCl2N2O4S/c1-2-31-24(32)23(36-26(31)30-19-7-4-16(5-8-19)25(33)34)13-17-12-18(27)6-10-22(17)35-14-15-3-9-20(28)21(29)11-15/h3-13H,2,14H2,1H3,(H,33,34). The number of carbonyl (C=O) groups excluding carboxylic acids is 1. The number of thioether (sulfide) groups is 1. The monoisotopic (exact) mass is 604 g/mol. The predicted molar refractivity (Wildman–Crippen MR) is 148 cm³/mol. The lowest BCUT2D eigenvalue weighted by atomic mass is 10.1. The highest BCUT2D eigenvalue weighted by Gasteiger charge is 2.32. The molecule has 1 saturated heterocycles. The van der Waals surface area contributed by atoms with E-state index in [9.17, 15) is 9.59 Å². The Morgan fingerprint density at radius 2 is 1.86 bits per heavy atom. The summed E-state index contributed by atoms with van der Waals surface area (Å²) in [7, 11) is 0. The number of hydrogen-bond acceptors (Lipinski definition) is 5. The number of ether oxygens (including phenoxy) is 1. The second-order valence-corrected chi connectivity index (χ2v) is 10.4. The van der Waals surface area contributed by atoms with E-state index in [1.807, 2.05) is 31.2 Å². The van der Waals surface area contributed by atoms with E-state index >= 15 is 0 Å². The molecule has 1 aliphatic heterocycles. The van der Waals surface area contributed by atoms with Crippen molar-refractivity contribution in [2.24, 2.45) is 4.99 Å². The Kier molecular flexibility index (Phi) is 8.41. The van der Waals surface area contributed by atoms with Crippen molar-refractivity contribution in [2.45, 2.75) is 13.5 Å². The minimum atomic E-state index is -1.01. The van der Waals surface area contributed by atoms with E-state index < -0.39 is 5.97 Å². The fraction of sp³-hybridized carbons (Fsp3) is 0.115. The number of amidine groups is 1. The Morgan fingerprint density at radius 3 is 2.53 bits per heavy atom. The maximum atomic E-state index is 13.1. The van der Waals surface area contributed by atoms with Crippen LogP contribution in [-0.4, -0.2) is 33.6 Å². The molecule has 10 heteroatoms. The molecule has 1 N–H and O–H groups in total. The number of halogens is 3. The zero-order valence-corrected chi connectivity index (χ0v) is 22.8. The van der Waals surface area contributed by atoms with Crippen LogP contribution in [0.25, 0.3) is 6.08 Å². The van der Waals surface area contributed by atoms with Gasteiger partial charge >= 0.3 is 5.97 Å². The van der Waals surface area contributed by atoms with Crippen LogP contribution in [0.3, 0.4) is 0 Å². The highest BCUT2D eigenvalue weighted by atomic mass is 79.9. The molecule has 1 amide bonds. The van der Waals surface area contributed by atoms with Crippen molar-refractivity contribution in [1.29, 1.82) is 0 Å². The van der Waals surface area contributed by atoms with Gasteiger partial charge in [-0.1, -0.05) is 45.2 Å². The molecule has 0 saturated carbocycles. The second-order valence-electron chi connectivity index (χ2n) is 7.63. The second kappa shape index (κ2) is 11.5. The Bertz CT molecular complexity index is 1390. The zero-order valence-electron chi connectivity index (χ0n) is 18.9. The number of likely N-dealkylation sites (N-methyl/N-ethyl adjacent to an activating group) is 1. The van der Waals surface area contributed by atoms with Gasteiger partial charge in [0.25, 0.3) is 5.91 Å². The third-order valence-electron chi connectivity index (χ3n) is 5.18. The lowest BCUT2D eigenvalue weighted by molar-refractivity contribution is -0.122. The highest BCUT2D eigenvalue weighted by Crippen LogP contribution is 2.36. The van der Waals surface area contributed by atoms with Gasteiger partial charge in [0, 0.05) is 16.6 Å². The molecule has 0 atom stereocenters. The van der Waals surface area contributed by atoms with Gasteiger partial charge in [-0.25, -0.2) is 9.79 Å². The summed E-state index contributed by atoms with van der Waals surface area (Å²) in [4.78, 5) is 30.9. The molecular formula is C26H19BrCl2N2O4S. The van der Waals surface area contributed by atoms with Crippen molar-refractivity contribution in [3.05, 3.63) is 96.8 Å². The summed E-state index contributed by atoms with van der Waals surface area (Å²) in [6.45, 7) is 2.58. The number of aliphatic imine (C=N–C) groups is 1. The van der Waals surface area contributed by atoms with E-state index in [1.54, 1.807) is 35.2 Å². The number of carbonyl (C=O) groups is 2. The Balaban J connectivity index is 1.60. The largest absolute Gasteiger partial charge is 0.488 e. The Hall–Kier alpha value is -2.78. The molecule has 1 fully saturated rings. The van der Waals surface area contributed by atoms with Gasteiger partial charge in [0.2, 0.25) is 0 Å². The molecule has 0 aromatic heterocycles. The average Bonchev–Trinajstić information content (AvgIpc) is 3.14. The van der Waals surface area contributed by atoms with Crippen LogP contribution < -0.4 is 4.74 Å². The number of carboxylic acids is 1. The van der Waals surface area contributed by atoms with Gasteiger partial charge in [0.15, 0.2) is 5.17 Å². The summed E-state index contributed by atoms with van der Waals surface area (Å²) < 4.78 is 6.88. The van der Waals surface area contributed by atoms with E-state index in [-0.39, 0.29) is 18.1 Å². The molecule has 4 rings (SSSR count). The van der Waals surface area contributed by atoms with Crippen molar-refractivity contribution >= 4 is 79.7 Å². The van der Waals surface area contributed by atoms with Crippen molar-refractivity contribution in [1.82, 2.24) is 4.90 Å². The molecule has 184 valence electrons. The van der Waals surface area contributed by atoms with E-state index in [0.717, 1.165) is 15.6 Å². The SMILES string of the molecule is CCN1C(=O)C(=Cc2cc(Br)ccc2OCc2ccc(Cl)c(Cl)c2)SC1=Nc1ccc(C(=O)O)cc1. The molecule has 3 aromatic rings. The fourth-order valence-corrected chi connectivity index (χ4v) is 5.11. The normalized spacial score (nSPS) is 15.7. The maximum absolute atomic E-state index is 13.1. The number of aromatic carboxylic acids is 1. The lowest BCUT2D eigenvalue weighted by Gasteiger charge is -2.12. The number of hydrogen-bond donors (Lipinski definition) is 1. The van der Waals surface area contributed by atoms with Crippen molar-refractivity contribution in [3.63, 3.8) is 0 Å². The highest BCUT2D eigenvalue weighted by molar-refractivity contribution is 9.10. The summed E-state index contributed by atoms with van der Waals surface area (Å²) >= 11 is 16.9. The summed E-state index contributed by atoms with van der Waals surface area (Å²) in [6.07, 6.45) is 1.78. The van der Waals surface area contributed by atoms with Crippen molar-refractivity contribution in [2.75, 3.05) is 6.54 Å². The number of rotatable bonds is 7. The average molecular weight is 606 g/mol. The summed E-state index contributed by atoms with van der Waals surface area (Å²) in [6, 6.07) is 17.1. The maximum Gasteiger partial charge on any atom is 0.335 e. The summed E-state index contributed by atoms with van der Waals surface area (Å²) in [5.41, 5.74) is 2.31. The predicted octanol–water partition coefficient (Wildman–Crippen LogP) is 7.66. The van der Waals surface area contributed by atoms with Gasteiger partial charge < -0.3 is 9.84 Å². The zero-order chi connectivity index (χ0) is 25.8. The van der Waals surface area contributed by atoms with Crippen LogP contribution in [0.2, 0.25) is 10.0 Å². The first kappa shape index (κ1) is 26.3. The third kappa shape index (κ3) is 6.13. The minimum Gasteiger partial charge on any atom is -0.488 e. The van der Waals surface area contributed by atoms with E-state index in [4.69, 9.17) is 33.0 Å². The molecule has 1 aliphatic rings. The summed E-state index contributed by atoms with van der Waals surface area (Å²) in [5.74, 6) is -0.576. The molecule has 0 aliphatic carbocycles. The minimum absolute atomic E-state index is 0.168. The lowest BCUT2D eigenvalue weighted by Crippen LogP contribution is -2.28. The first-order valence-corrected chi connectivity index (χ1v) is 13.1. The number of benzene rings is 3. The van der Waals surface area contributed by atoms with Gasteiger partial charge in [-0.15, -0.1) is 0 Å². The molecule has 0 spiro atoms. The molecule has 0 bridgehead atoms. The number of nitrogens with zero attached hydrogens (tertiary/aromatic N) is 2. The van der Waals surface area contributed by atoms with E-state index in [1.165, 1.54) is 23.9 Å². The molecular weight excluding hydrogens is 587 g/mol.